The first-order valence-corrected chi connectivity index (χ1v) is 9.46. The van der Waals surface area contributed by atoms with Crippen molar-refractivity contribution in [1.82, 2.24) is 14.9 Å². The molecular weight excluding hydrogens is 346 g/mol. The number of nitrogens with zero attached hydrogens (tertiary/aromatic N) is 3. The molecule has 1 aliphatic rings. The molecule has 4 rings (SSSR count). The maximum Gasteiger partial charge on any atom is 0.273 e. The molecule has 0 radical (unpaired) electrons. The number of rotatable bonds is 4. The van der Waals surface area contributed by atoms with E-state index in [1.165, 1.54) is 11.3 Å². The van der Waals surface area contributed by atoms with Gasteiger partial charge in [0.1, 0.15) is 16.8 Å². The van der Waals surface area contributed by atoms with Crippen molar-refractivity contribution in [3.05, 3.63) is 65.3 Å². The van der Waals surface area contributed by atoms with Crippen LogP contribution >= 0.6 is 11.3 Å². The molecule has 0 aliphatic carbocycles. The number of carbonyl (C=O) groups excluding carboxylic acids is 1. The number of ether oxygens (including phenoxy) is 1. The summed E-state index contributed by atoms with van der Waals surface area (Å²) >= 11 is 1.49. The smallest absolute Gasteiger partial charge is 0.273 e. The highest BCUT2D eigenvalue weighted by Gasteiger charge is 2.29. The molecule has 1 amide bonds. The minimum Gasteiger partial charge on any atom is -0.472 e. The summed E-state index contributed by atoms with van der Waals surface area (Å²) in [7, 11) is 0. The number of benzene rings is 1. The molecule has 0 spiro atoms. The van der Waals surface area contributed by atoms with Crippen molar-refractivity contribution < 1.29 is 9.53 Å². The SMILES string of the molecule is Cc1ccc(OC2CCN(C(=O)c3csc(-c4ccccc4)n3)C2)nc1. The van der Waals surface area contributed by atoms with Gasteiger partial charge in [-0.25, -0.2) is 9.97 Å². The van der Waals surface area contributed by atoms with Gasteiger partial charge in [-0.1, -0.05) is 36.4 Å². The number of amides is 1. The van der Waals surface area contributed by atoms with E-state index < -0.39 is 0 Å². The predicted molar refractivity (Wildman–Crippen MR) is 101 cm³/mol. The highest BCUT2D eigenvalue weighted by Crippen LogP contribution is 2.25. The number of likely N-dealkylation sites (tertiary alicyclic amines) is 1. The van der Waals surface area contributed by atoms with Gasteiger partial charge in [-0.15, -0.1) is 11.3 Å². The molecule has 0 saturated carbocycles. The van der Waals surface area contributed by atoms with E-state index in [4.69, 9.17) is 4.74 Å². The zero-order chi connectivity index (χ0) is 17.9. The third-order valence-electron chi connectivity index (χ3n) is 4.35. The maximum atomic E-state index is 12.7. The first kappa shape index (κ1) is 16.7. The van der Waals surface area contributed by atoms with Crippen LogP contribution in [0.15, 0.2) is 54.0 Å². The highest BCUT2D eigenvalue weighted by atomic mass is 32.1. The molecule has 1 fully saturated rings. The first-order valence-electron chi connectivity index (χ1n) is 8.58. The largest absolute Gasteiger partial charge is 0.472 e. The number of hydrogen-bond acceptors (Lipinski definition) is 5. The van der Waals surface area contributed by atoms with Crippen LogP contribution < -0.4 is 4.74 Å². The van der Waals surface area contributed by atoms with Crippen LogP contribution in [-0.4, -0.2) is 40.0 Å². The number of carbonyl (C=O) groups is 1. The monoisotopic (exact) mass is 365 g/mol. The van der Waals surface area contributed by atoms with Crippen LogP contribution in [0.2, 0.25) is 0 Å². The summed E-state index contributed by atoms with van der Waals surface area (Å²) in [6.45, 7) is 3.23. The molecule has 5 nitrogen and oxygen atoms in total. The Morgan fingerprint density at radius 2 is 2.08 bits per heavy atom. The van der Waals surface area contributed by atoms with Gasteiger partial charge in [-0.3, -0.25) is 4.79 Å². The van der Waals surface area contributed by atoms with Gasteiger partial charge < -0.3 is 9.64 Å². The van der Waals surface area contributed by atoms with Gasteiger partial charge in [0, 0.05) is 36.2 Å². The summed E-state index contributed by atoms with van der Waals surface area (Å²) in [5, 5.41) is 2.70. The highest BCUT2D eigenvalue weighted by molar-refractivity contribution is 7.13. The summed E-state index contributed by atoms with van der Waals surface area (Å²) in [6.07, 6.45) is 2.56. The number of aryl methyl sites for hydroxylation is 1. The fourth-order valence-corrected chi connectivity index (χ4v) is 3.75. The van der Waals surface area contributed by atoms with Crippen LogP contribution in [0.1, 0.15) is 22.5 Å². The molecule has 1 atom stereocenters. The molecule has 0 bridgehead atoms. The minimum absolute atomic E-state index is 0.0265. The minimum atomic E-state index is -0.0357. The van der Waals surface area contributed by atoms with Crippen molar-refractivity contribution in [2.45, 2.75) is 19.4 Å². The first-order chi connectivity index (χ1) is 12.7. The molecule has 3 aromatic rings. The van der Waals surface area contributed by atoms with Crippen LogP contribution in [0.5, 0.6) is 5.88 Å². The lowest BCUT2D eigenvalue weighted by molar-refractivity contribution is 0.0766. The lowest BCUT2D eigenvalue weighted by Crippen LogP contribution is -2.31. The molecule has 1 aromatic carbocycles. The molecule has 3 heterocycles. The van der Waals surface area contributed by atoms with Crippen molar-refractivity contribution in [1.29, 1.82) is 0 Å². The van der Waals surface area contributed by atoms with Gasteiger partial charge in [0.2, 0.25) is 5.88 Å². The lowest BCUT2D eigenvalue weighted by atomic mass is 10.2. The Morgan fingerprint density at radius 3 is 2.85 bits per heavy atom. The van der Waals surface area contributed by atoms with Crippen molar-refractivity contribution >= 4 is 17.2 Å². The van der Waals surface area contributed by atoms with Gasteiger partial charge in [0.25, 0.3) is 5.91 Å². The lowest BCUT2D eigenvalue weighted by Gasteiger charge is -2.16. The Hall–Kier alpha value is -2.73. The van der Waals surface area contributed by atoms with E-state index in [0.29, 0.717) is 24.7 Å². The molecule has 1 aliphatic heterocycles. The Bertz CT molecular complexity index is 893. The molecule has 0 N–H and O–H groups in total. The second-order valence-corrected chi connectivity index (χ2v) is 7.22. The van der Waals surface area contributed by atoms with Crippen LogP contribution in [0.25, 0.3) is 10.6 Å². The Kier molecular flexibility index (Phi) is 4.67. The summed E-state index contributed by atoms with van der Waals surface area (Å²) < 4.78 is 5.90. The zero-order valence-electron chi connectivity index (χ0n) is 14.5. The molecule has 1 unspecified atom stereocenters. The average Bonchev–Trinajstić information content (AvgIpc) is 3.34. The van der Waals surface area contributed by atoms with Crippen molar-refractivity contribution in [3.63, 3.8) is 0 Å². The maximum absolute atomic E-state index is 12.7. The molecule has 6 heteroatoms. The molecule has 132 valence electrons. The molecular formula is C20H19N3O2S. The van der Waals surface area contributed by atoms with Crippen LogP contribution in [0.4, 0.5) is 0 Å². The second kappa shape index (κ2) is 7.25. The fourth-order valence-electron chi connectivity index (χ4n) is 2.95. The molecule has 2 aromatic heterocycles. The van der Waals surface area contributed by atoms with Crippen LogP contribution in [0, 0.1) is 6.92 Å². The average molecular weight is 365 g/mol. The van der Waals surface area contributed by atoms with Crippen molar-refractivity contribution in [2.24, 2.45) is 0 Å². The van der Waals surface area contributed by atoms with Crippen LogP contribution in [-0.2, 0) is 0 Å². The topological polar surface area (TPSA) is 55.3 Å². The summed E-state index contributed by atoms with van der Waals surface area (Å²) in [6, 6.07) is 13.8. The fraction of sp³-hybridized carbons (Fsp3) is 0.250. The molecule has 1 saturated heterocycles. The van der Waals surface area contributed by atoms with E-state index in [2.05, 4.69) is 9.97 Å². The number of hydrogen-bond donors (Lipinski definition) is 0. The predicted octanol–water partition coefficient (Wildman–Crippen LogP) is 3.81. The van der Waals surface area contributed by atoms with Crippen molar-refractivity contribution in [2.75, 3.05) is 13.1 Å². The van der Waals surface area contributed by atoms with Gasteiger partial charge in [0.05, 0.1) is 6.54 Å². The number of aromatic nitrogens is 2. The Labute approximate surface area is 156 Å². The Balaban J connectivity index is 1.40. The van der Waals surface area contributed by atoms with Crippen LogP contribution in [0.3, 0.4) is 0 Å². The van der Waals surface area contributed by atoms with E-state index >= 15 is 0 Å². The zero-order valence-corrected chi connectivity index (χ0v) is 15.3. The van der Waals surface area contributed by atoms with Crippen molar-refractivity contribution in [3.8, 4) is 16.5 Å². The number of pyridine rings is 1. The normalized spacial score (nSPS) is 16.7. The van der Waals surface area contributed by atoms with Gasteiger partial charge in [-0.05, 0) is 12.5 Å². The quantitative estimate of drug-likeness (QED) is 0.705. The number of thiazole rings is 1. The van der Waals surface area contributed by atoms with E-state index in [9.17, 15) is 4.79 Å². The summed E-state index contributed by atoms with van der Waals surface area (Å²) in [5.74, 6) is 0.571. The second-order valence-electron chi connectivity index (χ2n) is 6.36. The van der Waals surface area contributed by atoms with E-state index in [-0.39, 0.29) is 12.0 Å². The standard InChI is InChI=1S/C20H19N3O2S/c1-14-7-8-18(21-11-14)25-16-9-10-23(12-16)20(24)17-13-26-19(22-17)15-5-3-2-4-6-15/h2-8,11,13,16H,9-10,12H2,1H3. The van der Waals surface area contributed by atoms with Gasteiger partial charge in [-0.2, -0.15) is 0 Å². The van der Waals surface area contributed by atoms with E-state index in [1.54, 1.807) is 6.20 Å². The molecule has 26 heavy (non-hydrogen) atoms. The van der Waals surface area contributed by atoms with E-state index in [1.807, 2.05) is 59.7 Å². The summed E-state index contributed by atoms with van der Waals surface area (Å²) in [5.41, 5.74) is 2.63. The summed E-state index contributed by atoms with van der Waals surface area (Å²) in [4.78, 5) is 23.3. The van der Waals surface area contributed by atoms with Gasteiger partial charge in [0.15, 0.2) is 0 Å². The third kappa shape index (κ3) is 3.60. The van der Waals surface area contributed by atoms with Gasteiger partial charge >= 0.3 is 0 Å². The third-order valence-corrected chi connectivity index (χ3v) is 5.24. The Morgan fingerprint density at radius 1 is 1.23 bits per heavy atom. The van der Waals surface area contributed by atoms with E-state index in [0.717, 1.165) is 22.6 Å².